The van der Waals surface area contributed by atoms with Crippen molar-refractivity contribution >= 4 is 27.8 Å². The molecular weight excluding hydrogens is 420 g/mol. The fourth-order valence-corrected chi connectivity index (χ4v) is 4.42. The van der Waals surface area contributed by atoms with Crippen LogP contribution in [0.1, 0.15) is 12.6 Å². The average Bonchev–Trinajstić information content (AvgIpc) is 3.25. The Labute approximate surface area is 189 Å². The highest BCUT2D eigenvalue weighted by Gasteiger charge is 2.17. The Hall–Kier alpha value is -3.30. The fraction of sp³-hybridized carbons (Fsp3) is 0.261. The van der Waals surface area contributed by atoms with Gasteiger partial charge >= 0.3 is 0 Å². The van der Waals surface area contributed by atoms with Crippen LogP contribution in [-0.2, 0) is 13.0 Å². The second kappa shape index (κ2) is 8.68. The second-order valence-electron chi connectivity index (χ2n) is 7.94. The van der Waals surface area contributed by atoms with Crippen molar-refractivity contribution in [2.24, 2.45) is 5.92 Å². The minimum absolute atomic E-state index is 0.194. The molecule has 3 N–H and O–H groups in total. The number of hydrogen-bond acceptors (Lipinski definition) is 7. The number of thioether (sulfide) groups is 1. The lowest BCUT2D eigenvalue weighted by Gasteiger charge is -2.26. The number of nitrogens with one attached hydrogen (secondary N) is 3. The standard InChI is InChI=1S/C23H24N8S/c1-2-19-3-6-22(24)31(29-19)23(25)32-20-4-5-21-16(8-20)7-17(11-27-21)18-12-28-30(14-18)13-15-9-26-10-15/h3-8,11-12,14-15,24-26H,2,9-10,13H2,1H3. The van der Waals surface area contributed by atoms with E-state index in [1.807, 2.05) is 48.3 Å². The van der Waals surface area contributed by atoms with Gasteiger partial charge in [0.05, 0.1) is 17.4 Å². The molecule has 0 amide bonds. The van der Waals surface area contributed by atoms with Crippen LogP contribution in [0.15, 0.2) is 59.9 Å². The monoisotopic (exact) mass is 444 g/mol. The third-order valence-corrected chi connectivity index (χ3v) is 6.45. The van der Waals surface area contributed by atoms with Crippen molar-refractivity contribution in [3.63, 3.8) is 0 Å². The molecule has 0 aliphatic carbocycles. The summed E-state index contributed by atoms with van der Waals surface area (Å²) in [5.41, 5.74) is 4.02. The van der Waals surface area contributed by atoms with E-state index in [9.17, 15) is 0 Å². The van der Waals surface area contributed by atoms with Gasteiger partial charge in [0, 0.05) is 59.4 Å². The van der Waals surface area contributed by atoms with Crippen molar-refractivity contribution in [3.8, 4) is 11.1 Å². The van der Waals surface area contributed by atoms with Crippen molar-refractivity contribution in [2.75, 3.05) is 13.1 Å². The summed E-state index contributed by atoms with van der Waals surface area (Å²) < 4.78 is 3.38. The molecule has 1 fully saturated rings. The molecule has 4 heterocycles. The van der Waals surface area contributed by atoms with E-state index in [-0.39, 0.29) is 10.7 Å². The van der Waals surface area contributed by atoms with E-state index < -0.39 is 0 Å². The van der Waals surface area contributed by atoms with Gasteiger partial charge in [-0.25, -0.2) is 0 Å². The van der Waals surface area contributed by atoms with E-state index in [1.54, 1.807) is 6.07 Å². The fourth-order valence-electron chi connectivity index (χ4n) is 3.65. The Morgan fingerprint density at radius 2 is 2.03 bits per heavy atom. The van der Waals surface area contributed by atoms with Crippen LogP contribution in [0.4, 0.5) is 0 Å². The van der Waals surface area contributed by atoms with E-state index in [1.165, 1.54) is 16.4 Å². The van der Waals surface area contributed by atoms with Gasteiger partial charge < -0.3 is 5.32 Å². The quantitative estimate of drug-likeness (QED) is 0.249. The van der Waals surface area contributed by atoms with Crippen LogP contribution in [0.3, 0.4) is 0 Å². The van der Waals surface area contributed by atoms with Gasteiger partial charge in [0.15, 0.2) is 5.17 Å². The summed E-state index contributed by atoms with van der Waals surface area (Å²) in [4.78, 5) is 5.52. The van der Waals surface area contributed by atoms with Gasteiger partial charge in [-0.1, -0.05) is 18.7 Å². The number of pyridine rings is 1. The first-order valence-corrected chi connectivity index (χ1v) is 11.4. The van der Waals surface area contributed by atoms with E-state index in [0.717, 1.165) is 58.7 Å². The van der Waals surface area contributed by atoms with E-state index in [4.69, 9.17) is 10.8 Å². The Morgan fingerprint density at radius 3 is 2.81 bits per heavy atom. The topological polar surface area (TPSA) is 108 Å². The summed E-state index contributed by atoms with van der Waals surface area (Å²) in [6.45, 7) is 5.05. The maximum absolute atomic E-state index is 8.46. The first-order valence-electron chi connectivity index (χ1n) is 10.6. The number of fused-ring (bicyclic) bond motifs is 1. The molecular formula is C23H24N8S. The molecule has 5 rings (SSSR count). The lowest BCUT2D eigenvalue weighted by Crippen LogP contribution is -2.44. The summed E-state index contributed by atoms with van der Waals surface area (Å²) in [7, 11) is 0. The van der Waals surface area contributed by atoms with Crippen molar-refractivity contribution in [3.05, 3.63) is 66.2 Å². The number of aryl methyl sites for hydroxylation is 1. The molecule has 3 aromatic heterocycles. The third-order valence-electron chi connectivity index (χ3n) is 5.59. The molecule has 8 nitrogen and oxygen atoms in total. The maximum atomic E-state index is 8.46. The van der Waals surface area contributed by atoms with Gasteiger partial charge in [0.1, 0.15) is 5.49 Å². The zero-order chi connectivity index (χ0) is 22.1. The number of aromatic nitrogens is 5. The normalized spacial score (nSPS) is 13.9. The highest BCUT2D eigenvalue weighted by molar-refractivity contribution is 8.13. The third kappa shape index (κ3) is 4.21. The highest BCUT2D eigenvalue weighted by atomic mass is 32.2. The van der Waals surface area contributed by atoms with Crippen molar-refractivity contribution in [1.29, 1.82) is 10.8 Å². The Bertz CT molecular complexity index is 1350. The zero-order valence-electron chi connectivity index (χ0n) is 17.7. The zero-order valence-corrected chi connectivity index (χ0v) is 18.6. The molecule has 9 heteroatoms. The largest absolute Gasteiger partial charge is 0.316 e. The van der Waals surface area contributed by atoms with E-state index in [2.05, 4.69) is 32.8 Å². The van der Waals surface area contributed by atoms with Crippen LogP contribution in [0.2, 0.25) is 0 Å². The first kappa shape index (κ1) is 20.6. The summed E-state index contributed by atoms with van der Waals surface area (Å²) in [5.74, 6) is 0.655. The molecule has 4 aromatic rings. The molecule has 1 saturated heterocycles. The molecule has 0 radical (unpaired) electrons. The molecule has 0 bridgehead atoms. The SMILES string of the molecule is CCc1ccc(=N)n(C(=N)Sc2ccc3ncc(-c4cnn(CC5CNC5)c4)cc3c2)n1. The number of nitrogens with zero attached hydrogens (tertiary/aromatic N) is 5. The van der Waals surface area contributed by atoms with Crippen molar-refractivity contribution in [1.82, 2.24) is 29.9 Å². The lowest BCUT2D eigenvalue weighted by molar-refractivity contribution is 0.295. The van der Waals surface area contributed by atoms with Crippen LogP contribution < -0.4 is 10.8 Å². The summed E-state index contributed by atoms with van der Waals surface area (Å²) in [6.07, 6.45) is 6.61. The summed E-state index contributed by atoms with van der Waals surface area (Å²) >= 11 is 1.28. The molecule has 1 aliphatic heterocycles. The van der Waals surface area contributed by atoms with Crippen LogP contribution in [-0.4, -0.2) is 42.8 Å². The molecule has 0 spiro atoms. The Balaban J connectivity index is 1.39. The molecule has 0 saturated carbocycles. The van der Waals surface area contributed by atoms with Gasteiger partial charge in [-0.15, -0.1) is 0 Å². The van der Waals surface area contributed by atoms with Gasteiger partial charge in [-0.05, 0) is 42.8 Å². The number of rotatable bonds is 5. The second-order valence-corrected chi connectivity index (χ2v) is 9.00. The Kier molecular flexibility index (Phi) is 5.59. The molecule has 0 atom stereocenters. The molecule has 0 unspecified atom stereocenters. The predicted octanol–water partition coefficient (Wildman–Crippen LogP) is 3.13. The first-order chi connectivity index (χ1) is 15.6. The smallest absolute Gasteiger partial charge is 0.188 e. The highest BCUT2D eigenvalue weighted by Crippen LogP contribution is 2.27. The maximum Gasteiger partial charge on any atom is 0.188 e. The van der Waals surface area contributed by atoms with Gasteiger partial charge in [0.25, 0.3) is 0 Å². The van der Waals surface area contributed by atoms with Gasteiger partial charge in [-0.2, -0.15) is 14.9 Å². The van der Waals surface area contributed by atoms with Crippen LogP contribution in [0.25, 0.3) is 22.0 Å². The van der Waals surface area contributed by atoms with Crippen molar-refractivity contribution in [2.45, 2.75) is 24.8 Å². The van der Waals surface area contributed by atoms with E-state index >= 15 is 0 Å². The van der Waals surface area contributed by atoms with Gasteiger partial charge in [0.2, 0.25) is 0 Å². The average molecular weight is 445 g/mol. The molecule has 1 aromatic carbocycles. The predicted molar refractivity (Wildman–Crippen MR) is 126 cm³/mol. The lowest BCUT2D eigenvalue weighted by atomic mass is 10.0. The van der Waals surface area contributed by atoms with Gasteiger partial charge in [-0.3, -0.25) is 20.5 Å². The molecule has 162 valence electrons. The minimum Gasteiger partial charge on any atom is -0.316 e. The van der Waals surface area contributed by atoms with Crippen LogP contribution in [0.5, 0.6) is 0 Å². The van der Waals surface area contributed by atoms with Crippen LogP contribution >= 0.6 is 11.8 Å². The number of hydrogen-bond donors (Lipinski definition) is 3. The van der Waals surface area contributed by atoms with E-state index in [0.29, 0.717) is 5.92 Å². The van der Waals surface area contributed by atoms with Crippen LogP contribution in [0, 0.1) is 16.7 Å². The Morgan fingerprint density at radius 1 is 1.16 bits per heavy atom. The number of benzene rings is 1. The molecule has 32 heavy (non-hydrogen) atoms. The molecule has 1 aliphatic rings. The summed E-state index contributed by atoms with van der Waals surface area (Å²) in [5, 5.41) is 29.9. The minimum atomic E-state index is 0.194. The van der Waals surface area contributed by atoms with Crippen molar-refractivity contribution < 1.29 is 0 Å². The summed E-state index contributed by atoms with van der Waals surface area (Å²) in [6, 6.07) is 11.6.